The fourth-order valence-corrected chi connectivity index (χ4v) is 3.34. The summed E-state index contributed by atoms with van der Waals surface area (Å²) in [4.78, 5) is 39.3. The van der Waals surface area contributed by atoms with Crippen molar-refractivity contribution < 1.29 is 23.9 Å². The van der Waals surface area contributed by atoms with Crippen molar-refractivity contribution in [2.75, 3.05) is 19.1 Å². The summed E-state index contributed by atoms with van der Waals surface area (Å²) in [6.07, 6.45) is 0.285. The van der Waals surface area contributed by atoms with Crippen molar-refractivity contribution in [3.8, 4) is 11.5 Å². The van der Waals surface area contributed by atoms with Crippen LogP contribution in [0.4, 0.5) is 5.69 Å². The van der Waals surface area contributed by atoms with Gasteiger partial charge in [-0.15, -0.1) is 0 Å². The van der Waals surface area contributed by atoms with Gasteiger partial charge in [0.05, 0.1) is 25.8 Å². The molecule has 6 heteroatoms. The van der Waals surface area contributed by atoms with Crippen molar-refractivity contribution in [3.63, 3.8) is 0 Å². The maximum Gasteiger partial charge on any atom is 0.241 e. The van der Waals surface area contributed by atoms with E-state index >= 15 is 0 Å². The van der Waals surface area contributed by atoms with Gasteiger partial charge in [-0.25, -0.2) is 0 Å². The minimum Gasteiger partial charge on any atom is -0.493 e. The van der Waals surface area contributed by atoms with E-state index in [0.717, 1.165) is 0 Å². The number of rotatable bonds is 6. The molecule has 0 unspecified atom stereocenters. The van der Waals surface area contributed by atoms with E-state index in [1.54, 1.807) is 43.3 Å². The summed E-state index contributed by atoms with van der Waals surface area (Å²) in [6, 6.07) is 12.0. The van der Waals surface area contributed by atoms with Crippen LogP contribution in [-0.4, -0.2) is 31.8 Å². The number of ketones is 1. The molecule has 6 nitrogen and oxygen atoms in total. The summed E-state index contributed by atoms with van der Waals surface area (Å²) < 4.78 is 10.6. The zero-order valence-electron chi connectivity index (χ0n) is 15.5. The highest BCUT2D eigenvalue weighted by molar-refractivity contribution is 6.23. The topological polar surface area (TPSA) is 72.9 Å². The van der Waals surface area contributed by atoms with Gasteiger partial charge in [-0.05, 0) is 29.8 Å². The molecular weight excluding hydrogens is 346 g/mol. The van der Waals surface area contributed by atoms with E-state index in [2.05, 4.69) is 0 Å². The van der Waals surface area contributed by atoms with E-state index in [1.807, 2.05) is 6.07 Å². The van der Waals surface area contributed by atoms with Crippen LogP contribution in [0.1, 0.15) is 41.6 Å². The van der Waals surface area contributed by atoms with E-state index in [1.165, 1.54) is 19.1 Å². The maximum atomic E-state index is 13.1. The third-order valence-corrected chi connectivity index (χ3v) is 4.71. The summed E-state index contributed by atoms with van der Waals surface area (Å²) in [6.45, 7) is 1.75. The summed E-state index contributed by atoms with van der Waals surface area (Å²) in [7, 11) is 2.97. The number of imide groups is 1. The molecule has 1 aliphatic heterocycles. The van der Waals surface area contributed by atoms with Crippen LogP contribution in [0, 0.1) is 0 Å². The number of nitrogens with zero attached hydrogens (tertiary/aromatic N) is 1. The monoisotopic (exact) mass is 367 g/mol. The second-order valence-corrected chi connectivity index (χ2v) is 6.23. The Morgan fingerprint density at radius 1 is 1.07 bits per heavy atom. The molecule has 3 rings (SSSR count). The van der Waals surface area contributed by atoms with E-state index in [-0.39, 0.29) is 30.4 Å². The first-order valence-corrected chi connectivity index (χ1v) is 8.72. The highest BCUT2D eigenvalue weighted by Gasteiger charge is 2.42. The lowest BCUT2D eigenvalue weighted by atomic mass is 9.89. The van der Waals surface area contributed by atoms with Gasteiger partial charge in [-0.3, -0.25) is 19.3 Å². The second kappa shape index (κ2) is 7.61. The van der Waals surface area contributed by atoms with Gasteiger partial charge >= 0.3 is 0 Å². The molecule has 2 aromatic carbocycles. The SMILES string of the molecule is CCC(=O)c1cc(OC)c(OC)cc1[C@@H]1CC(=O)N(c2ccccc2)C1=O. The molecule has 1 heterocycles. The number of benzene rings is 2. The van der Waals surface area contributed by atoms with E-state index in [9.17, 15) is 14.4 Å². The van der Waals surface area contributed by atoms with Crippen molar-refractivity contribution >= 4 is 23.3 Å². The smallest absolute Gasteiger partial charge is 0.241 e. The molecule has 1 aliphatic rings. The van der Waals surface area contributed by atoms with Crippen LogP contribution < -0.4 is 14.4 Å². The van der Waals surface area contributed by atoms with Crippen LogP contribution in [0.15, 0.2) is 42.5 Å². The number of anilines is 1. The molecule has 2 aromatic rings. The largest absolute Gasteiger partial charge is 0.493 e. The van der Waals surface area contributed by atoms with Gasteiger partial charge in [0.2, 0.25) is 11.8 Å². The first-order chi connectivity index (χ1) is 13.0. The van der Waals surface area contributed by atoms with Crippen LogP contribution in [0.3, 0.4) is 0 Å². The Kier molecular flexibility index (Phi) is 5.26. The summed E-state index contributed by atoms with van der Waals surface area (Å²) in [5, 5.41) is 0. The first kappa shape index (κ1) is 18.6. The normalized spacial score (nSPS) is 16.6. The van der Waals surface area contributed by atoms with Gasteiger partial charge in [0.15, 0.2) is 17.3 Å². The average molecular weight is 367 g/mol. The van der Waals surface area contributed by atoms with Gasteiger partial charge in [-0.1, -0.05) is 25.1 Å². The molecule has 0 N–H and O–H groups in total. The van der Waals surface area contributed by atoms with Gasteiger partial charge in [0.1, 0.15) is 0 Å². The molecule has 2 amide bonds. The van der Waals surface area contributed by atoms with Crippen molar-refractivity contribution in [1.82, 2.24) is 0 Å². The summed E-state index contributed by atoms with van der Waals surface area (Å²) in [5.74, 6) is -0.662. The highest BCUT2D eigenvalue weighted by Crippen LogP contribution is 2.40. The number of carbonyl (C=O) groups excluding carboxylic acids is 3. The third-order valence-electron chi connectivity index (χ3n) is 4.71. The summed E-state index contributed by atoms with van der Waals surface area (Å²) in [5.41, 5.74) is 1.41. The second-order valence-electron chi connectivity index (χ2n) is 6.23. The fourth-order valence-electron chi connectivity index (χ4n) is 3.34. The van der Waals surface area contributed by atoms with Crippen LogP contribution in [0.25, 0.3) is 0 Å². The Bertz CT molecular complexity index is 891. The Balaban J connectivity index is 2.09. The number of amides is 2. The number of Topliss-reactive ketones (excluding diaryl/α,β-unsaturated/α-hetero) is 1. The van der Waals surface area contributed by atoms with Gasteiger partial charge < -0.3 is 9.47 Å². The minimum absolute atomic E-state index is 0.00715. The molecule has 1 saturated heterocycles. The minimum atomic E-state index is -0.733. The number of hydrogen-bond acceptors (Lipinski definition) is 5. The molecule has 0 aliphatic carbocycles. The molecular formula is C21H21NO5. The van der Waals surface area contributed by atoms with Crippen LogP contribution in [0.5, 0.6) is 11.5 Å². The van der Waals surface area contributed by atoms with Crippen LogP contribution in [0.2, 0.25) is 0 Å². The zero-order chi connectivity index (χ0) is 19.6. The molecule has 27 heavy (non-hydrogen) atoms. The first-order valence-electron chi connectivity index (χ1n) is 8.72. The Labute approximate surface area is 157 Å². The number of methoxy groups -OCH3 is 2. The van der Waals surface area contributed by atoms with Gasteiger partial charge in [-0.2, -0.15) is 0 Å². The average Bonchev–Trinajstić information content (AvgIpc) is 3.00. The molecule has 0 bridgehead atoms. The van der Waals surface area contributed by atoms with Crippen molar-refractivity contribution in [3.05, 3.63) is 53.6 Å². The zero-order valence-corrected chi connectivity index (χ0v) is 15.5. The number of carbonyl (C=O) groups is 3. The van der Waals surface area contributed by atoms with Gasteiger partial charge in [0.25, 0.3) is 0 Å². The van der Waals surface area contributed by atoms with Crippen molar-refractivity contribution in [2.45, 2.75) is 25.7 Å². The van der Waals surface area contributed by atoms with Crippen molar-refractivity contribution in [2.24, 2.45) is 0 Å². The summed E-state index contributed by atoms with van der Waals surface area (Å²) >= 11 is 0. The predicted octanol–water partition coefficient (Wildman–Crippen LogP) is 3.34. The molecule has 0 spiro atoms. The molecule has 140 valence electrons. The predicted molar refractivity (Wildman–Crippen MR) is 100 cm³/mol. The quantitative estimate of drug-likeness (QED) is 0.578. The Morgan fingerprint density at radius 2 is 1.70 bits per heavy atom. The molecule has 0 aromatic heterocycles. The third kappa shape index (κ3) is 3.30. The van der Waals surface area contributed by atoms with Crippen LogP contribution >= 0.6 is 0 Å². The number of para-hydroxylation sites is 1. The number of hydrogen-bond donors (Lipinski definition) is 0. The van der Waals surface area contributed by atoms with Crippen molar-refractivity contribution in [1.29, 1.82) is 0 Å². The molecule has 1 atom stereocenters. The molecule has 0 saturated carbocycles. The maximum absolute atomic E-state index is 13.1. The van der Waals surface area contributed by atoms with E-state index in [4.69, 9.17) is 9.47 Å². The van der Waals surface area contributed by atoms with E-state index < -0.39 is 5.92 Å². The lowest BCUT2D eigenvalue weighted by molar-refractivity contribution is -0.121. The lowest BCUT2D eigenvalue weighted by Gasteiger charge is -2.18. The lowest BCUT2D eigenvalue weighted by Crippen LogP contribution is -2.30. The standard InChI is InChI=1S/C21H21NO5/c1-4-17(23)15-11-19(27-3)18(26-2)10-14(15)16-12-20(24)22(21(16)25)13-8-6-5-7-9-13/h5-11,16H,4,12H2,1-3H3/t16-/m0/s1. The molecule has 0 radical (unpaired) electrons. The molecule has 1 fully saturated rings. The van der Waals surface area contributed by atoms with E-state index in [0.29, 0.717) is 28.3 Å². The Hall–Kier alpha value is -3.15. The van der Waals surface area contributed by atoms with Crippen LogP contribution in [-0.2, 0) is 9.59 Å². The number of ether oxygens (including phenoxy) is 2. The fraction of sp³-hybridized carbons (Fsp3) is 0.286. The highest BCUT2D eigenvalue weighted by atomic mass is 16.5. The van der Waals surface area contributed by atoms with Gasteiger partial charge in [0, 0.05) is 18.4 Å². The Morgan fingerprint density at radius 3 is 2.30 bits per heavy atom.